The largest absolute Gasteiger partial charge is 0.467 e. The van der Waals surface area contributed by atoms with Crippen molar-refractivity contribution in [3.05, 3.63) is 71.8 Å². The molecule has 0 N–H and O–H groups in total. The summed E-state index contributed by atoms with van der Waals surface area (Å²) in [6.07, 6.45) is 1.62. The number of amides is 1. The van der Waals surface area contributed by atoms with Crippen molar-refractivity contribution >= 4 is 5.91 Å². The summed E-state index contributed by atoms with van der Waals surface area (Å²) in [5.41, 5.74) is 3.33. The van der Waals surface area contributed by atoms with Crippen LogP contribution in [0.5, 0.6) is 0 Å². The van der Waals surface area contributed by atoms with Crippen LogP contribution in [0.2, 0.25) is 0 Å². The summed E-state index contributed by atoms with van der Waals surface area (Å²) in [6, 6.07) is 15.0. The first-order chi connectivity index (χ1) is 12.5. The topological polar surface area (TPSA) is 59.2 Å². The van der Waals surface area contributed by atoms with Gasteiger partial charge in [0.2, 0.25) is 0 Å². The molecule has 1 atom stereocenters. The SMILES string of the molecule is CC(C)c1ccc(-c2ccc(C(=O)N(C)[C@@H](C)c3ccco3)cc2)nn1. The third-order valence-corrected chi connectivity index (χ3v) is 4.56. The van der Waals surface area contributed by atoms with Gasteiger partial charge in [-0.15, -0.1) is 0 Å². The van der Waals surface area contributed by atoms with Gasteiger partial charge in [0.05, 0.1) is 23.7 Å². The van der Waals surface area contributed by atoms with Gasteiger partial charge in [-0.25, -0.2) is 0 Å². The average Bonchev–Trinajstić information content (AvgIpc) is 3.21. The quantitative estimate of drug-likeness (QED) is 0.670. The summed E-state index contributed by atoms with van der Waals surface area (Å²) in [5, 5.41) is 8.54. The Morgan fingerprint density at radius 1 is 1.00 bits per heavy atom. The minimum atomic E-state index is -0.133. The van der Waals surface area contributed by atoms with E-state index in [9.17, 15) is 4.79 Å². The summed E-state index contributed by atoms with van der Waals surface area (Å²) in [7, 11) is 1.78. The molecule has 1 amide bonds. The predicted molar refractivity (Wildman–Crippen MR) is 101 cm³/mol. The highest BCUT2D eigenvalue weighted by Gasteiger charge is 2.20. The molecule has 0 aliphatic heterocycles. The minimum absolute atomic E-state index is 0.0540. The van der Waals surface area contributed by atoms with E-state index in [1.165, 1.54) is 0 Å². The molecule has 3 rings (SSSR count). The van der Waals surface area contributed by atoms with E-state index in [2.05, 4.69) is 24.0 Å². The van der Waals surface area contributed by atoms with Gasteiger partial charge >= 0.3 is 0 Å². The molecule has 0 aliphatic carbocycles. The van der Waals surface area contributed by atoms with Gasteiger partial charge in [0.25, 0.3) is 5.91 Å². The van der Waals surface area contributed by atoms with Gasteiger partial charge in [-0.05, 0) is 49.2 Å². The maximum Gasteiger partial charge on any atom is 0.254 e. The third kappa shape index (κ3) is 3.67. The number of rotatable bonds is 5. The molecule has 0 spiro atoms. The van der Waals surface area contributed by atoms with E-state index in [1.54, 1.807) is 18.2 Å². The van der Waals surface area contributed by atoms with Crippen LogP contribution >= 0.6 is 0 Å². The molecule has 1 aromatic carbocycles. The Labute approximate surface area is 153 Å². The van der Waals surface area contributed by atoms with E-state index in [0.717, 1.165) is 22.7 Å². The van der Waals surface area contributed by atoms with E-state index < -0.39 is 0 Å². The number of hydrogen-bond donors (Lipinski definition) is 0. The molecule has 0 fully saturated rings. The Morgan fingerprint density at radius 3 is 2.27 bits per heavy atom. The summed E-state index contributed by atoms with van der Waals surface area (Å²) < 4.78 is 5.40. The van der Waals surface area contributed by atoms with E-state index in [0.29, 0.717) is 11.5 Å². The van der Waals surface area contributed by atoms with Gasteiger partial charge in [-0.1, -0.05) is 26.0 Å². The van der Waals surface area contributed by atoms with E-state index >= 15 is 0 Å². The van der Waals surface area contributed by atoms with E-state index in [-0.39, 0.29) is 11.9 Å². The summed E-state index contributed by atoms with van der Waals surface area (Å²) in [6.45, 7) is 6.12. The van der Waals surface area contributed by atoms with Crippen LogP contribution in [0.15, 0.2) is 59.2 Å². The Kier molecular flexibility index (Phi) is 5.16. The second-order valence-electron chi connectivity index (χ2n) is 6.68. The fourth-order valence-corrected chi connectivity index (χ4v) is 2.69. The standard InChI is InChI=1S/C21H23N3O2/c1-14(2)18-11-12-19(23-22-18)16-7-9-17(10-8-16)21(25)24(4)15(3)20-6-5-13-26-20/h5-15H,1-4H3/t15-/m0/s1. The van der Waals surface area contributed by atoms with Gasteiger partial charge in [0.15, 0.2) is 0 Å². The minimum Gasteiger partial charge on any atom is -0.467 e. The highest BCUT2D eigenvalue weighted by molar-refractivity contribution is 5.94. The zero-order valence-corrected chi connectivity index (χ0v) is 15.5. The number of benzene rings is 1. The van der Waals surface area contributed by atoms with Crippen LogP contribution in [-0.4, -0.2) is 28.1 Å². The van der Waals surface area contributed by atoms with Crippen LogP contribution in [0, 0.1) is 0 Å². The Hall–Kier alpha value is -2.95. The molecule has 2 aromatic heterocycles. The monoisotopic (exact) mass is 349 g/mol. The lowest BCUT2D eigenvalue weighted by atomic mass is 10.1. The van der Waals surface area contributed by atoms with Crippen LogP contribution in [0.3, 0.4) is 0 Å². The Balaban J connectivity index is 1.75. The van der Waals surface area contributed by atoms with Gasteiger partial charge in [-0.3, -0.25) is 4.79 Å². The van der Waals surface area contributed by atoms with Crippen LogP contribution in [0.4, 0.5) is 0 Å². The molecule has 26 heavy (non-hydrogen) atoms. The predicted octanol–water partition coefficient (Wildman–Crippen LogP) is 4.69. The molecule has 0 radical (unpaired) electrons. The maximum absolute atomic E-state index is 12.7. The summed E-state index contributed by atoms with van der Waals surface area (Å²) >= 11 is 0. The van der Waals surface area contributed by atoms with Crippen LogP contribution in [0.1, 0.15) is 54.5 Å². The fraction of sp³-hybridized carbons (Fsp3) is 0.286. The van der Waals surface area contributed by atoms with E-state index in [1.807, 2.05) is 55.5 Å². The summed E-state index contributed by atoms with van der Waals surface area (Å²) in [4.78, 5) is 14.4. The van der Waals surface area contributed by atoms with Crippen LogP contribution in [0.25, 0.3) is 11.3 Å². The Bertz CT molecular complexity index is 853. The molecular weight excluding hydrogens is 326 g/mol. The highest BCUT2D eigenvalue weighted by Crippen LogP contribution is 2.23. The lowest BCUT2D eigenvalue weighted by Gasteiger charge is -2.23. The number of nitrogens with zero attached hydrogens (tertiary/aromatic N) is 3. The van der Waals surface area contributed by atoms with Crippen molar-refractivity contribution in [2.24, 2.45) is 0 Å². The third-order valence-electron chi connectivity index (χ3n) is 4.56. The van der Waals surface area contributed by atoms with Crippen molar-refractivity contribution in [2.45, 2.75) is 32.7 Å². The van der Waals surface area contributed by atoms with Gasteiger partial charge < -0.3 is 9.32 Å². The zero-order chi connectivity index (χ0) is 18.7. The first kappa shape index (κ1) is 17.9. The van der Waals surface area contributed by atoms with Crippen molar-refractivity contribution in [3.63, 3.8) is 0 Å². The molecule has 0 saturated carbocycles. The molecular formula is C21H23N3O2. The molecule has 5 nitrogen and oxygen atoms in total. The van der Waals surface area contributed by atoms with Crippen molar-refractivity contribution < 1.29 is 9.21 Å². The van der Waals surface area contributed by atoms with Crippen molar-refractivity contribution in [1.29, 1.82) is 0 Å². The lowest BCUT2D eigenvalue weighted by Crippen LogP contribution is -2.29. The second kappa shape index (κ2) is 7.52. The number of furan rings is 1. The first-order valence-electron chi connectivity index (χ1n) is 8.72. The van der Waals surface area contributed by atoms with E-state index in [4.69, 9.17) is 4.42 Å². The van der Waals surface area contributed by atoms with Crippen molar-refractivity contribution in [1.82, 2.24) is 15.1 Å². The van der Waals surface area contributed by atoms with Crippen LogP contribution in [-0.2, 0) is 0 Å². The molecule has 0 unspecified atom stereocenters. The van der Waals surface area contributed by atoms with Gasteiger partial charge in [-0.2, -0.15) is 10.2 Å². The highest BCUT2D eigenvalue weighted by atomic mass is 16.3. The van der Waals surface area contributed by atoms with Crippen LogP contribution < -0.4 is 0 Å². The Morgan fingerprint density at radius 2 is 1.73 bits per heavy atom. The molecule has 2 heterocycles. The van der Waals surface area contributed by atoms with Gasteiger partial charge in [0.1, 0.15) is 5.76 Å². The first-order valence-corrected chi connectivity index (χ1v) is 8.72. The smallest absolute Gasteiger partial charge is 0.254 e. The number of hydrogen-bond acceptors (Lipinski definition) is 4. The summed E-state index contributed by atoms with van der Waals surface area (Å²) in [5.74, 6) is 1.06. The fourth-order valence-electron chi connectivity index (χ4n) is 2.69. The van der Waals surface area contributed by atoms with Crippen molar-refractivity contribution in [3.8, 4) is 11.3 Å². The normalized spacial score (nSPS) is 12.2. The average molecular weight is 349 g/mol. The molecule has 134 valence electrons. The lowest BCUT2D eigenvalue weighted by molar-refractivity contribution is 0.0726. The zero-order valence-electron chi connectivity index (χ0n) is 15.5. The maximum atomic E-state index is 12.7. The second-order valence-corrected chi connectivity index (χ2v) is 6.68. The molecule has 0 bridgehead atoms. The number of carbonyl (C=O) groups excluding carboxylic acids is 1. The molecule has 3 aromatic rings. The number of carbonyl (C=O) groups is 1. The number of aromatic nitrogens is 2. The van der Waals surface area contributed by atoms with Crippen molar-refractivity contribution in [2.75, 3.05) is 7.05 Å². The molecule has 0 aliphatic rings. The molecule has 5 heteroatoms. The van der Waals surface area contributed by atoms with Gasteiger partial charge in [0, 0.05) is 18.2 Å². The molecule has 0 saturated heterocycles.